The molecular weight excluding hydrogens is 443 g/mol. The summed E-state index contributed by atoms with van der Waals surface area (Å²) in [5.74, 6) is 0.305. The first-order valence-electron chi connectivity index (χ1n) is 10.7. The molecule has 0 radical (unpaired) electrons. The first kappa shape index (κ1) is 22.4. The molecule has 31 heavy (non-hydrogen) atoms. The lowest BCUT2D eigenvalue weighted by molar-refractivity contribution is -0.120. The van der Waals surface area contributed by atoms with Crippen LogP contribution in [0.15, 0.2) is 0 Å². The van der Waals surface area contributed by atoms with Crippen LogP contribution in [0.2, 0.25) is 10.2 Å². The van der Waals surface area contributed by atoms with Crippen LogP contribution in [-0.4, -0.2) is 51.4 Å². The smallest absolute Gasteiger partial charge is 0.297 e. The summed E-state index contributed by atoms with van der Waals surface area (Å²) in [7, 11) is 1.85. The molecule has 1 amide bonds. The van der Waals surface area contributed by atoms with Crippen LogP contribution in [0.5, 0.6) is 11.9 Å². The van der Waals surface area contributed by atoms with Gasteiger partial charge >= 0.3 is 0 Å². The Hall–Kier alpha value is -1.77. The van der Waals surface area contributed by atoms with Crippen molar-refractivity contribution in [2.45, 2.75) is 76.7 Å². The van der Waals surface area contributed by atoms with Gasteiger partial charge in [-0.2, -0.15) is 9.97 Å². The number of rotatable bonds is 8. The van der Waals surface area contributed by atoms with Crippen LogP contribution in [0.1, 0.15) is 52.4 Å². The number of aromatic nitrogens is 3. The molecule has 0 spiro atoms. The minimum absolute atomic E-state index is 0.00311. The second-order valence-corrected chi connectivity index (χ2v) is 9.18. The summed E-state index contributed by atoms with van der Waals surface area (Å²) in [6, 6.07) is 0.469. The molecule has 0 aromatic carbocycles. The number of hydrogen-bond acceptors (Lipinski definition) is 6. The molecule has 2 fully saturated rings. The minimum Gasteiger partial charge on any atom is -0.473 e. The quantitative estimate of drug-likeness (QED) is 0.585. The molecule has 2 aliphatic rings. The van der Waals surface area contributed by atoms with Gasteiger partial charge in [0.25, 0.3) is 6.01 Å². The van der Waals surface area contributed by atoms with Crippen molar-refractivity contribution >= 4 is 40.1 Å². The highest BCUT2D eigenvalue weighted by atomic mass is 35.5. The van der Waals surface area contributed by atoms with Crippen LogP contribution in [-0.2, 0) is 16.6 Å². The van der Waals surface area contributed by atoms with Crippen molar-refractivity contribution in [1.29, 1.82) is 0 Å². The summed E-state index contributed by atoms with van der Waals surface area (Å²) in [5.41, 5.74) is 1.17. The Morgan fingerprint density at radius 2 is 1.71 bits per heavy atom. The number of halogens is 2. The lowest BCUT2D eigenvalue weighted by Crippen LogP contribution is -2.37. The van der Waals surface area contributed by atoms with Crippen LogP contribution in [0, 0.1) is 0 Å². The van der Waals surface area contributed by atoms with E-state index in [0.717, 1.165) is 38.5 Å². The number of fused-ring (bicyclic) bond motifs is 1. The Bertz CT molecular complexity index is 955. The van der Waals surface area contributed by atoms with Gasteiger partial charge in [0.15, 0.2) is 5.15 Å². The van der Waals surface area contributed by atoms with Crippen molar-refractivity contribution in [3.63, 3.8) is 0 Å². The zero-order valence-corrected chi connectivity index (χ0v) is 19.5. The molecule has 10 heteroatoms. The maximum atomic E-state index is 11.1. The van der Waals surface area contributed by atoms with Gasteiger partial charge in [-0.05, 0) is 45.4 Å². The van der Waals surface area contributed by atoms with Crippen LogP contribution in [0.25, 0.3) is 11.0 Å². The van der Waals surface area contributed by atoms with E-state index < -0.39 is 0 Å². The number of hydrogen-bond donors (Lipinski definition) is 1. The fourth-order valence-corrected chi connectivity index (χ4v) is 4.34. The van der Waals surface area contributed by atoms with Gasteiger partial charge in [0.05, 0.1) is 18.2 Å². The van der Waals surface area contributed by atoms with Crippen LogP contribution in [0.4, 0.5) is 0 Å². The van der Waals surface area contributed by atoms with Gasteiger partial charge in [0, 0.05) is 20.0 Å². The van der Waals surface area contributed by atoms with Gasteiger partial charge in [-0.25, -0.2) is 0 Å². The molecule has 1 N–H and O–H groups in total. The average Bonchev–Trinajstić information content (AvgIpc) is 3.47. The van der Waals surface area contributed by atoms with E-state index in [1.54, 1.807) is 0 Å². The summed E-state index contributed by atoms with van der Waals surface area (Å²) in [6.07, 6.45) is 5.89. The number of amides is 1. The van der Waals surface area contributed by atoms with E-state index in [2.05, 4.69) is 15.3 Å². The van der Waals surface area contributed by atoms with Crippen LogP contribution < -0.4 is 14.8 Å². The van der Waals surface area contributed by atoms with E-state index in [0.29, 0.717) is 34.6 Å². The predicted molar refractivity (Wildman–Crippen MR) is 118 cm³/mol. The number of carbonyl (C=O) groups is 1. The second kappa shape index (κ2) is 9.38. The molecule has 0 saturated heterocycles. The molecule has 2 heterocycles. The Balaban J connectivity index is 1.37. The predicted octanol–water partition coefficient (Wildman–Crippen LogP) is 4.05. The minimum atomic E-state index is -0.0442. The summed E-state index contributed by atoms with van der Waals surface area (Å²) in [4.78, 5) is 19.9. The van der Waals surface area contributed by atoms with E-state index in [1.807, 2.05) is 18.5 Å². The molecule has 2 aromatic heterocycles. The molecule has 0 unspecified atom stereocenters. The third-order valence-electron chi connectivity index (χ3n) is 5.57. The van der Waals surface area contributed by atoms with Crippen molar-refractivity contribution in [2.75, 3.05) is 6.61 Å². The number of carbonyl (C=O) groups excluding carboxylic acids is 1. The lowest BCUT2D eigenvalue weighted by Gasteiger charge is -2.29. The summed E-state index contributed by atoms with van der Waals surface area (Å²) in [6.45, 7) is 3.96. The fraction of sp³-hybridized carbons (Fsp3) is 0.667. The summed E-state index contributed by atoms with van der Waals surface area (Å²) < 4.78 is 19.7. The Morgan fingerprint density at radius 1 is 1.10 bits per heavy atom. The van der Waals surface area contributed by atoms with E-state index in [1.165, 1.54) is 6.92 Å². The molecule has 0 bridgehead atoms. The highest BCUT2D eigenvalue weighted by Gasteiger charge is 2.29. The third-order valence-corrected chi connectivity index (χ3v) is 6.18. The largest absolute Gasteiger partial charge is 0.473 e. The fourth-order valence-electron chi connectivity index (χ4n) is 3.83. The zero-order chi connectivity index (χ0) is 22.1. The molecular formula is C21H28Cl2N4O4. The SMILES string of the molecule is CC(=O)N[C@@H](C)COC1CCC(Oc2nc3c(Cl)nc(OC4CC4)c(Cl)c3n2C)CC1. The van der Waals surface area contributed by atoms with E-state index in [-0.39, 0.29) is 35.4 Å². The van der Waals surface area contributed by atoms with Gasteiger partial charge < -0.3 is 19.5 Å². The maximum Gasteiger partial charge on any atom is 0.297 e. The van der Waals surface area contributed by atoms with Gasteiger partial charge in [0.1, 0.15) is 22.7 Å². The van der Waals surface area contributed by atoms with E-state index in [4.69, 9.17) is 37.4 Å². The van der Waals surface area contributed by atoms with Gasteiger partial charge in [0.2, 0.25) is 11.8 Å². The standard InChI is InChI=1S/C21H28Cl2N4O4/c1-11(24-12(2)28)10-29-13-4-6-15(7-5-13)31-21-25-17-18(27(21)3)16(22)20(26-19(17)23)30-14-8-9-14/h11,13-15H,4-10H2,1-3H3,(H,24,28)/t11-,13?,15?/m0/s1. The lowest BCUT2D eigenvalue weighted by atomic mass is 9.95. The molecule has 8 nitrogen and oxygen atoms in total. The molecule has 2 aromatic rings. The molecule has 170 valence electrons. The van der Waals surface area contributed by atoms with Gasteiger partial charge in [-0.1, -0.05) is 23.2 Å². The number of aryl methyl sites for hydroxylation is 1. The normalized spacial score (nSPS) is 22.4. The first-order valence-corrected chi connectivity index (χ1v) is 11.5. The van der Waals surface area contributed by atoms with Crippen molar-refractivity contribution in [3.05, 3.63) is 10.2 Å². The Morgan fingerprint density at radius 3 is 2.35 bits per heavy atom. The molecule has 0 aliphatic heterocycles. The summed E-state index contributed by atoms with van der Waals surface area (Å²) in [5, 5.41) is 3.49. The molecule has 2 saturated carbocycles. The van der Waals surface area contributed by atoms with Gasteiger partial charge in [-0.3, -0.25) is 9.36 Å². The number of pyridine rings is 1. The van der Waals surface area contributed by atoms with Crippen molar-refractivity contribution in [2.24, 2.45) is 7.05 Å². The van der Waals surface area contributed by atoms with Crippen molar-refractivity contribution in [3.8, 4) is 11.9 Å². The first-order chi connectivity index (χ1) is 14.8. The average molecular weight is 471 g/mol. The highest BCUT2D eigenvalue weighted by Crippen LogP contribution is 2.39. The molecule has 4 rings (SSSR count). The number of ether oxygens (including phenoxy) is 3. The topological polar surface area (TPSA) is 87.5 Å². The van der Waals surface area contributed by atoms with Gasteiger partial charge in [-0.15, -0.1) is 0 Å². The third kappa shape index (κ3) is 5.35. The van der Waals surface area contributed by atoms with Crippen LogP contribution >= 0.6 is 23.2 Å². The van der Waals surface area contributed by atoms with E-state index in [9.17, 15) is 4.79 Å². The van der Waals surface area contributed by atoms with E-state index >= 15 is 0 Å². The highest BCUT2D eigenvalue weighted by molar-refractivity contribution is 6.39. The number of imidazole rings is 1. The van der Waals surface area contributed by atoms with Crippen molar-refractivity contribution in [1.82, 2.24) is 19.9 Å². The number of nitrogens with zero attached hydrogens (tertiary/aromatic N) is 3. The zero-order valence-electron chi connectivity index (χ0n) is 18.0. The maximum absolute atomic E-state index is 11.1. The molecule has 2 aliphatic carbocycles. The molecule has 1 atom stereocenters. The second-order valence-electron chi connectivity index (χ2n) is 8.44. The summed E-state index contributed by atoms with van der Waals surface area (Å²) >= 11 is 12.9. The Kier molecular flexibility index (Phi) is 6.79. The van der Waals surface area contributed by atoms with Crippen molar-refractivity contribution < 1.29 is 19.0 Å². The number of nitrogens with one attached hydrogen (secondary N) is 1. The monoisotopic (exact) mass is 470 g/mol. The van der Waals surface area contributed by atoms with Crippen LogP contribution in [0.3, 0.4) is 0 Å². The Labute approximate surface area is 191 Å².